The third-order valence-electron chi connectivity index (χ3n) is 10.3. The van der Waals surface area contributed by atoms with Crippen molar-refractivity contribution < 1.29 is 32.1 Å². The van der Waals surface area contributed by atoms with E-state index in [1.165, 1.54) is 89.2 Å². The Balaban J connectivity index is 1.13. The molecule has 4 amide bonds. The first-order chi connectivity index (χ1) is 29.9. The number of hydrazone groups is 2. The third kappa shape index (κ3) is 14.5. The molecule has 0 saturated heterocycles. The minimum atomic E-state index is -4.85. The fourth-order valence-electron chi connectivity index (χ4n) is 6.90. The molecule has 3 aromatic carbocycles. The zero-order valence-corrected chi connectivity index (χ0v) is 36.7. The highest BCUT2D eigenvalue weighted by atomic mass is 32.2. The largest absolute Gasteiger partial charge is 0.456 e. The molecule has 0 saturated carbocycles. The number of ether oxygens (including phenoxy) is 1. The number of para-hydroxylation sites is 1. The van der Waals surface area contributed by atoms with Crippen LogP contribution in [0, 0.1) is 13.8 Å². The average molecular weight is 870 g/mol. The Labute approximate surface area is 364 Å². The Kier molecular flexibility index (Phi) is 18.0. The van der Waals surface area contributed by atoms with Crippen LogP contribution in [-0.2, 0) is 19.7 Å². The second kappa shape index (κ2) is 23.8. The molecule has 17 heteroatoms. The Morgan fingerprint density at radius 2 is 1.35 bits per heavy atom. The highest BCUT2D eigenvalue weighted by Crippen LogP contribution is 2.33. The number of nitrogens with one attached hydrogen (secondary N) is 5. The molecule has 16 nitrogen and oxygen atoms in total. The number of aryl methyl sites for hydroxylation is 2. The van der Waals surface area contributed by atoms with E-state index >= 15 is 0 Å². The van der Waals surface area contributed by atoms with Gasteiger partial charge in [0.05, 0.1) is 22.8 Å². The number of urea groups is 1. The van der Waals surface area contributed by atoms with Crippen molar-refractivity contribution in [3.63, 3.8) is 0 Å². The molecule has 5 rings (SSSR count). The molecule has 62 heavy (non-hydrogen) atoms. The summed E-state index contributed by atoms with van der Waals surface area (Å²) in [6.07, 6.45) is 19.3. The highest BCUT2D eigenvalue weighted by Gasteiger charge is 2.36. The summed E-state index contributed by atoms with van der Waals surface area (Å²) in [5.74, 6) is -1.04. The Morgan fingerprint density at radius 3 is 1.92 bits per heavy atom. The van der Waals surface area contributed by atoms with Crippen LogP contribution in [0.25, 0.3) is 0 Å². The lowest BCUT2D eigenvalue weighted by Crippen LogP contribution is -2.40. The molecule has 4 aromatic rings. The molecule has 0 unspecified atom stereocenters. The predicted octanol–water partition coefficient (Wildman–Crippen LogP) is 10.2. The van der Waals surface area contributed by atoms with E-state index < -0.39 is 27.0 Å². The first-order valence-electron chi connectivity index (χ1n) is 21.5. The molecule has 6 N–H and O–H groups in total. The van der Waals surface area contributed by atoms with Crippen molar-refractivity contribution in [1.82, 2.24) is 15.5 Å². The quantitative estimate of drug-likeness (QED) is 0.0224. The number of aromatic nitrogens is 2. The molecule has 332 valence electrons. The van der Waals surface area contributed by atoms with Crippen LogP contribution in [0.5, 0.6) is 11.5 Å². The number of carbonyl (C=O) groups is 3. The first-order valence-corrected chi connectivity index (χ1v) is 23.0. The lowest BCUT2D eigenvalue weighted by atomic mass is 10.0. The molecule has 0 spiro atoms. The molecule has 1 aliphatic rings. The maximum absolute atomic E-state index is 13.8. The van der Waals surface area contributed by atoms with Gasteiger partial charge in [-0.3, -0.25) is 30.0 Å². The van der Waals surface area contributed by atoms with Gasteiger partial charge in [0.25, 0.3) is 10.1 Å². The number of amides is 4. The smallest absolute Gasteiger partial charge is 0.324 e. The van der Waals surface area contributed by atoms with E-state index in [0.717, 1.165) is 30.3 Å². The second-order valence-electron chi connectivity index (χ2n) is 15.4. The van der Waals surface area contributed by atoms with E-state index in [-0.39, 0.29) is 28.9 Å². The summed E-state index contributed by atoms with van der Waals surface area (Å²) in [6, 6.07) is 17.8. The zero-order chi connectivity index (χ0) is 44.3. The lowest BCUT2D eigenvalue weighted by Gasteiger charge is -2.15. The highest BCUT2D eigenvalue weighted by molar-refractivity contribution is 7.86. The van der Waals surface area contributed by atoms with Gasteiger partial charge in [0.2, 0.25) is 5.91 Å². The van der Waals surface area contributed by atoms with E-state index in [1.54, 1.807) is 68.4 Å². The van der Waals surface area contributed by atoms with Gasteiger partial charge in [-0.1, -0.05) is 115 Å². The van der Waals surface area contributed by atoms with Gasteiger partial charge < -0.3 is 15.4 Å². The van der Waals surface area contributed by atoms with Gasteiger partial charge in [0.15, 0.2) is 11.5 Å². The normalized spacial score (nSPS) is 13.3. The van der Waals surface area contributed by atoms with Crippen LogP contribution in [0.1, 0.15) is 121 Å². The topological polar surface area (TPSA) is 220 Å². The molecule has 0 atom stereocenters. The number of hydrogen-bond donors (Lipinski definition) is 6. The summed E-state index contributed by atoms with van der Waals surface area (Å²) < 4.78 is 40.7. The van der Waals surface area contributed by atoms with Gasteiger partial charge in [-0.15, -0.1) is 5.10 Å². The van der Waals surface area contributed by atoms with Gasteiger partial charge in [-0.2, -0.15) is 23.6 Å². The molecule has 0 radical (unpaired) electrons. The summed E-state index contributed by atoms with van der Waals surface area (Å²) in [5.41, 5.74) is 5.07. The van der Waals surface area contributed by atoms with Crippen LogP contribution in [0.4, 0.5) is 27.5 Å². The van der Waals surface area contributed by atoms with Gasteiger partial charge >= 0.3 is 11.9 Å². The molecule has 0 bridgehead atoms. The minimum absolute atomic E-state index is 0.0687. The van der Waals surface area contributed by atoms with Crippen molar-refractivity contribution in [2.24, 2.45) is 10.2 Å². The number of amidine groups is 1. The van der Waals surface area contributed by atoms with E-state index in [4.69, 9.17) is 4.74 Å². The maximum atomic E-state index is 13.8. The van der Waals surface area contributed by atoms with Crippen LogP contribution in [0.3, 0.4) is 0 Å². The summed E-state index contributed by atoms with van der Waals surface area (Å²) in [7, 11) is -4.85. The number of nitrogens with zero attached hydrogens (tertiary/aromatic N) is 4. The van der Waals surface area contributed by atoms with Crippen LogP contribution in [0.15, 0.2) is 87.9 Å². The number of carbonyl (C=O) groups excluding carboxylic acids is 3. The van der Waals surface area contributed by atoms with Gasteiger partial charge in [0.1, 0.15) is 16.4 Å². The van der Waals surface area contributed by atoms with Crippen molar-refractivity contribution in [2.45, 2.75) is 128 Å². The van der Waals surface area contributed by atoms with E-state index in [9.17, 15) is 27.4 Å². The molecule has 1 aromatic heterocycles. The molecule has 1 aliphatic heterocycles. The number of benzene rings is 3. The van der Waals surface area contributed by atoms with Crippen LogP contribution >= 0.6 is 0 Å². The second-order valence-corrected chi connectivity index (χ2v) is 16.8. The van der Waals surface area contributed by atoms with E-state index in [0.29, 0.717) is 40.6 Å². The van der Waals surface area contributed by atoms with Crippen LogP contribution in [-0.4, -0.2) is 52.6 Å². The fourth-order valence-corrected chi connectivity index (χ4v) is 7.53. The van der Waals surface area contributed by atoms with Crippen LogP contribution < -0.4 is 31.1 Å². The van der Waals surface area contributed by atoms with Crippen molar-refractivity contribution in [2.75, 3.05) is 21.1 Å². The van der Waals surface area contributed by atoms with E-state index in [1.807, 2.05) is 0 Å². The minimum Gasteiger partial charge on any atom is -0.456 e. The van der Waals surface area contributed by atoms with Crippen molar-refractivity contribution in [3.05, 3.63) is 84.2 Å². The summed E-state index contributed by atoms with van der Waals surface area (Å²) in [4.78, 5) is 39.1. The predicted molar refractivity (Wildman–Crippen MR) is 244 cm³/mol. The third-order valence-corrected chi connectivity index (χ3v) is 11.2. The number of rotatable bonds is 24. The summed E-state index contributed by atoms with van der Waals surface area (Å²) in [6.45, 7) is 5.73. The van der Waals surface area contributed by atoms with Crippen molar-refractivity contribution in [1.29, 1.82) is 0 Å². The molecule has 0 aliphatic carbocycles. The molecule has 2 heterocycles. The molecule has 0 fully saturated rings. The zero-order valence-electron chi connectivity index (χ0n) is 35.8. The number of aromatic amines is 1. The monoisotopic (exact) mass is 869 g/mol. The van der Waals surface area contributed by atoms with Crippen molar-refractivity contribution in [3.8, 4) is 11.5 Å². The maximum Gasteiger partial charge on any atom is 0.324 e. The number of unbranched alkanes of at least 4 members (excludes halogenated alkanes) is 14. The van der Waals surface area contributed by atoms with Gasteiger partial charge in [0, 0.05) is 17.8 Å². The SMILES string of the molecule is CCCCCCCCCCCCCCCCCC(=O)Nc1ccc(NC(=O)NC2=NN(c3ccc(Oc4ccccc4)c(S(=O)(=O)O)c3)C(=O)/C2=N/Nc2c(C)n[nH]c2C)cc1. The molecular formula is C45H59N9O7S. The average Bonchev–Trinajstić information content (AvgIpc) is 3.73. The number of hydrogen-bond acceptors (Lipinski definition) is 10. The van der Waals surface area contributed by atoms with Gasteiger partial charge in [-0.05, 0) is 74.9 Å². The Hall–Kier alpha value is -6.07. The molecular weight excluding hydrogens is 811 g/mol. The lowest BCUT2D eigenvalue weighted by molar-refractivity contribution is -0.116. The summed E-state index contributed by atoms with van der Waals surface area (Å²) in [5, 5.41) is 24.4. The number of H-pyrrole nitrogens is 1. The van der Waals surface area contributed by atoms with Gasteiger partial charge in [-0.25, -0.2) is 4.79 Å². The Morgan fingerprint density at radius 1 is 0.774 bits per heavy atom. The first kappa shape index (κ1) is 47.0. The van der Waals surface area contributed by atoms with Crippen molar-refractivity contribution >= 4 is 62.3 Å². The standard InChI is InChI=1S/C45H59N9O7S/c1-4-5-6-7-8-9-10-11-12-13-14-15-16-17-21-24-40(55)46-34-25-27-35(28-26-34)47-45(57)48-43-42(52-51-41-32(2)49-50-33(41)3)44(56)54(53-43)36-29-30-38(39(31-36)62(58,59)60)61-37-22-19-18-20-23-37/h18-20,22-23,25-31,51H,4-17,21,24H2,1-3H3,(H,46,55)(H,49,50)(H,58,59,60)(H2,47,48,53,57)/b52-42+. The Bertz CT molecular complexity index is 2260. The number of anilines is 4. The fraction of sp³-hybridized carbons (Fsp3) is 0.422. The summed E-state index contributed by atoms with van der Waals surface area (Å²) >= 11 is 0. The van der Waals surface area contributed by atoms with E-state index in [2.05, 4.69) is 48.7 Å². The van der Waals surface area contributed by atoms with Crippen LogP contribution in [0.2, 0.25) is 0 Å².